The Balaban J connectivity index is 1.42. The number of aryl methyl sites for hydroxylation is 2. The van der Waals surface area contributed by atoms with E-state index in [1.165, 1.54) is 11.1 Å². The van der Waals surface area contributed by atoms with Gasteiger partial charge in [0.25, 0.3) is 0 Å². The maximum atomic E-state index is 5.86. The van der Waals surface area contributed by atoms with Crippen molar-refractivity contribution in [3.05, 3.63) is 72.2 Å². The predicted octanol–water partition coefficient (Wildman–Crippen LogP) is 3.79. The van der Waals surface area contributed by atoms with Crippen molar-refractivity contribution in [2.75, 3.05) is 0 Å². The van der Waals surface area contributed by atoms with E-state index in [0.717, 1.165) is 22.3 Å². The third kappa shape index (κ3) is 2.96. The highest BCUT2D eigenvalue weighted by molar-refractivity contribution is 5.91. The number of hydrogen-bond acceptors (Lipinski definition) is 5. The minimum Gasteiger partial charge on any atom is -0.471 e. The fraction of sp³-hybridized carbons (Fsp3) is 0.143. The Morgan fingerprint density at radius 1 is 0.964 bits per heavy atom. The Bertz CT molecular complexity index is 1280. The molecule has 0 aliphatic rings. The van der Waals surface area contributed by atoms with Crippen LogP contribution in [0, 0.1) is 13.8 Å². The van der Waals surface area contributed by atoms with Gasteiger partial charge in [0.15, 0.2) is 12.4 Å². The number of hydrogen-bond donors (Lipinski definition) is 0. The van der Waals surface area contributed by atoms with Gasteiger partial charge in [-0.05, 0) is 55.3 Å². The number of para-hydroxylation sites is 1. The van der Waals surface area contributed by atoms with E-state index in [9.17, 15) is 0 Å². The number of nitrogens with zero attached hydrogens (tertiary/aromatic N) is 6. The fourth-order valence-electron chi connectivity index (χ4n) is 3.30. The van der Waals surface area contributed by atoms with E-state index < -0.39 is 0 Å². The van der Waals surface area contributed by atoms with E-state index >= 15 is 0 Å². The average Bonchev–Trinajstić information content (AvgIpc) is 3.32. The quantitative estimate of drug-likeness (QED) is 0.481. The first-order valence-corrected chi connectivity index (χ1v) is 9.01. The molecule has 0 aliphatic carbocycles. The summed E-state index contributed by atoms with van der Waals surface area (Å²) in [5.74, 6) is 1.39. The summed E-state index contributed by atoms with van der Waals surface area (Å²) in [6, 6.07) is 15.9. The normalized spacial score (nSPS) is 11.4. The standard InChI is InChI=1S/C21H18N6O/c1-14-9-15(2)11-16(10-14)28-13-26-8-7-19(24-26)20-23-21-17-5-3-4-6-18(17)22-12-27(21)25-20/h3-12H,13H2,1-2H3. The molecule has 3 aromatic heterocycles. The summed E-state index contributed by atoms with van der Waals surface area (Å²) < 4.78 is 9.28. The van der Waals surface area contributed by atoms with Crippen LogP contribution in [0.5, 0.6) is 5.75 Å². The summed E-state index contributed by atoms with van der Waals surface area (Å²) >= 11 is 0. The molecule has 0 amide bonds. The molecule has 0 aliphatic heterocycles. The van der Waals surface area contributed by atoms with Gasteiger partial charge < -0.3 is 4.74 Å². The molecular weight excluding hydrogens is 352 g/mol. The summed E-state index contributed by atoms with van der Waals surface area (Å²) in [7, 11) is 0. The first-order chi connectivity index (χ1) is 13.7. The molecule has 0 spiro atoms. The van der Waals surface area contributed by atoms with Crippen LogP contribution in [0.25, 0.3) is 28.1 Å². The first kappa shape index (κ1) is 16.4. The summed E-state index contributed by atoms with van der Waals surface area (Å²) in [4.78, 5) is 9.07. The van der Waals surface area contributed by atoms with Gasteiger partial charge in [0, 0.05) is 11.6 Å². The van der Waals surface area contributed by atoms with E-state index in [0.29, 0.717) is 18.2 Å². The van der Waals surface area contributed by atoms with Crippen LogP contribution < -0.4 is 4.74 Å². The fourth-order valence-corrected chi connectivity index (χ4v) is 3.30. The van der Waals surface area contributed by atoms with Crippen molar-refractivity contribution < 1.29 is 4.74 Å². The Kier molecular flexibility index (Phi) is 3.79. The molecule has 0 radical (unpaired) electrons. The molecule has 138 valence electrons. The van der Waals surface area contributed by atoms with E-state index in [1.54, 1.807) is 15.5 Å². The average molecular weight is 370 g/mol. The number of aromatic nitrogens is 6. The highest BCUT2D eigenvalue weighted by atomic mass is 16.5. The molecule has 7 nitrogen and oxygen atoms in total. The van der Waals surface area contributed by atoms with Crippen LogP contribution in [0.15, 0.2) is 61.1 Å². The molecule has 0 saturated carbocycles. The van der Waals surface area contributed by atoms with Crippen molar-refractivity contribution in [1.82, 2.24) is 29.4 Å². The van der Waals surface area contributed by atoms with Crippen molar-refractivity contribution in [3.8, 4) is 17.3 Å². The molecule has 5 aromatic rings. The minimum absolute atomic E-state index is 0.320. The lowest BCUT2D eigenvalue weighted by Gasteiger charge is -2.08. The van der Waals surface area contributed by atoms with Gasteiger partial charge in [-0.2, -0.15) is 5.10 Å². The summed E-state index contributed by atoms with van der Waals surface area (Å²) in [5.41, 5.74) is 4.69. The SMILES string of the molecule is Cc1cc(C)cc(OCn2ccc(-c3nc4c5ccccc5ncn4n3)n2)c1. The zero-order valence-electron chi connectivity index (χ0n) is 15.6. The lowest BCUT2D eigenvalue weighted by molar-refractivity contribution is 0.221. The molecule has 28 heavy (non-hydrogen) atoms. The van der Waals surface area contributed by atoms with Gasteiger partial charge >= 0.3 is 0 Å². The largest absolute Gasteiger partial charge is 0.471 e. The van der Waals surface area contributed by atoms with E-state index in [2.05, 4.69) is 40.1 Å². The van der Waals surface area contributed by atoms with Crippen LogP contribution in [0.4, 0.5) is 0 Å². The zero-order chi connectivity index (χ0) is 19.1. The molecule has 0 saturated heterocycles. The molecule has 3 heterocycles. The predicted molar refractivity (Wildman–Crippen MR) is 106 cm³/mol. The minimum atomic E-state index is 0.320. The van der Waals surface area contributed by atoms with Gasteiger partial charge in [0.1, 0.15) is 17.8 Å². The third-order valence-corrected chi connectivity index (χ3v) is 4.51. The van der Waals surface area contributed by atoms with Crippen molar-refractivity contribution in [3.63, 3.8) is 0 Å². The molecule has 0 unspecified atom stereocenters. The van der Waals surface area contributed by atoms with Gasteiger partial charge in [-0.25, -0.2) is 19.2 Å². The Morgan fingerprint density at radius 3 is 2.64 bits per heavy atom. The maximum Gasteiger partial charge on any atom is 0.202 e. The van der Waals surface area contributed by atoms with Crippen molar-refractivity contribution in [1.29, 1.82) is 0 Å². The van der Waals surface area contributed by atoms with Gasteiger partial charge in [-0.1, -0.05) is 18.2 Å². The molecule has 5 rings (SSSR count). The highest BCUT2D eigenvalue weighted by Gasteiger charge is 2.12. The Morgan fingerprint density at radius 2 is 1.79 bits per heavy atom. The molecule has 0 N–H and O–H groups in total. The van der Waals surface area contributed by atoms with Crippen molar-refractivity contribution >= 4 is 16.6 Å². The molecule has 0 atom stereocenters. The maximum absolute atomic E-state index is 5.86. The van der Waals surface area contributed by atoms with Crippen LogP contribution >= 0.6 is 0 Å². The molecule has 7 heteroatoms. The van der Waals surface area contributed by atoms with Crippen LogP contribution in [0.3, 0.4) is 0 Å². The number of ether oxygens (including phenoxy) is 1. The monoisotopic (exact) mass is 370 g/mol. The summed E-state index contributed by atoms with van der Waals surface area (Å²) in [6.45, 7) is 4.43. The molecule has 0 fully saturated rings. The second-order valence-corrected chi connectivity index (χ2v) is 6.80. The first-order valence-electron chi connectivity index (χ1n) is 9.01. The number of rotatable bonds is 4. The van der Waals surface area contributed by atoms with Crippen molar-refractivity contribution in [2.45, 2.75) is 20.6 Å². The van der Waals surface area contributed by atoms with Crippen molar-refractivity contribution in [2.24, 2.45) is 0 Å². The lowest BCUT2D eigenvalue weighted by Crippen LogP contribution is -2.06. The van der Waals surface area contributed by atoms with Gasteiger partial charge in [-0.15, -0.1) is 5.10 Å². The van der Waals surface area contributed by atoms with Gasteiger partial charge in [0.2, 0.25) is 5.82 Å². The topological polar surface area (TPSA) is 70.1 Å². The van der Waals surface area contributed by atoms with Crippen LogP contribution in [0.2, 0.25) is 0 Å². The smallest absolute Gasteiger partial charge is 0.202 e. The zero-order valence-corrected chi connectivity index (χ0v) is 15.6. The Labute approximate surface area is 161 Å². The summed E-state index contributed by atoms with van der Waals surface area (Å²) in [5, 5.41) is 10.0. The van der Waals surface area contributed by atoms with Crippen LogP contribution in [-0.2, 0) is 6.73 Å². The Hall–Kier alpha value is -3.74. The second-order valence-electron chi connectivity index (χ2n) is 6.80. The lowest BCUT2D eigenvalue weighted by atomic mass is 10.1. The molecule has 2 aromatic carbocycles. The van der Waals surface area contributed by atoms with E-state index in [1.807, 2.05) is 48.7 Å². The molecular formula is C21H18N6O. The van der Waals surface area contributed by atoms with Gasteiger partial charge in [0.05, 0.1) is 5.52 Å². The number of fused-ring (bicyclic) bond motifs is 3. The van der Waals surface area contributed by atoms with E-state index in [-0.39, 0.29) is 0 Å². The second kappa shape index (κ2) is 6.45. The van der Waals surface area contributed by atoms with E-state index in [4.69, 9.17) is 4.74 Å². The highest BCUT2D eigenvalue weighted by Crippen LogP contribution is 2.20. The molecule has 0 bridgehead atoms. The van der Waals surface area contributed by atoms with Crippen LogP contribution in [-0.4, -0.2) is 29.4 Å². The summed E-state index contributed by atoms with van der Waals surface area (Å²) in [6.07, 6.45) is 3.54. The third-order valence-electron chi connectivity index (χ3n) is 4.51. The van der Waals surface area contributed by atoms with Gasteiger partial charge in [-0.3, -0.25) is 0 Å². The number of benzene rings is 2. The van der Waals surface area contributed by atoms with Crippen LogP contribution in [0.1, 0.15) is 11.1 Å².